The molecule has 12 nitrogen and oxygen atoms in total. The summed E-state index contributed by atoms with van der Waals surface area (Å²) in [6.45, 7) is 4.62. The van der Waals surface area contributed by atoms with Gasteiger partial charge < -0.3 is 61.8 Å². The molecule has 13 atom stereocenters. The number of fused-ring (bicyclic) bond motifs is 5. The highest BCUT2D eigenvalue weighted by molar-refractivity contribution is 8.76. The van der Waals surface area contributed by atoms with Crippen molar-refractivity contribution in [2.45, 2.75) is 127 Å². The van der Waals surface area contributed by atoms with Gasteiger partial charge in [-0.2, -0.15) is 0 Å². The molecule has 70 heavy (non-hydrogen) atoms. The van der Waals surface area contributed by atoms with Crippen molar-refractivity contribution in [3.05, 3.63) is 118 Å². The number of ether oxygens (including phenoxy) is 1. The zero-order chi connectivity index (χ0) is 49.4. The van der Waals surface area contributed by atoms with Crippen molar-refractivity contribution in [3.8, 4) is 23.3 Å². The van der Waals surface area contributed by atoms with E-state index in [1.165, 1.54) is 5.56 Å². The molecule has 2 aliphatic heterocycles. The summed E-state index contributed by atoms with van der Waals surface area (Å²) in [6, 6.07) is 18.0. The molecule has 1 fully saturated rings. The number of nitrogens with one attached hydrogen (secondary N) is 3. The Kier molecular flexibility index (Phi) is 18.2. The zero-order valence-electron chi connectivity index (χ0n) is 40.8. The number of nitrogens with two attached hydrogens (primary N) is 1. The highest BCUT2D eigenvalue weighted by atomic mass is 33.1. The van der Waals surface area contributed by atoms with E-state index in [0.29, 0.717) is 81.8 Å². The predicted octanol–water partition coefficient (Wildman–Crippen LogP) is 6.26. The number of aliphatic hydroxyl groups is 6. The number of rotatable bonds is 14. The minimum Gasteiger partial charge on any atom is -0.504 e. The Morgan fingerprint density at radius 1 is 1.00 bits per heavy atom. The monoisotopic (exact) mass is 997 g/mol. The molecular weight excluding hydrogens is 921 g/mol. The number of aromatic amines is 1. The molecule has 0 spiro atoms. The summed E-state index contributed by atoms with van der Waals surface area (Å²) in [6.07, 6.45) is 8.57. The minimum atomic E-state index is -1.07. The number of aromatic nitrogens is 1. The molecule has 380 valence electrons. The normalized spacial score (nSPS) is 32.1. The van der Waals surface area contributed by atoms with Crippen molar-refractivity contribution in [1.82, 2.24) is 15.6 Å². The van der Waals surface area contributed by atoms with E-state index in [1.54, 1.807) is 34.6 Å². The Bertz CT molecular complexity index is 2350. The predicted molar refractivity (Wildman–Crippen MR) is 280 cm³/mol. The topological polar surface area (TPSA) is 217 Å². The second-order valence-corrected chi connectivity index (χ2v) is 23.2. The van der Waals surface area contributed by atoms with Crippen molar-refractivity contribution in [1.29, 1.82) is 0 Å². The highest BCUT2D eigenvalue weighted by Gasteiger charge is 2.44. The fourth-order valence-electron chi connectivity index (χ4n) is 12.0. The van der Waals surface area contributed by atoms with Crippen LogP contribution in [0.2, 0.25) is 0 Å². The van der Waals surface area contributed by atoms with Gasteiger partial charge in [0, 0.05) is 90.4 Å². The Hall–Kier alpha value is -3.88. The van der Waals surface area contributed by atoms with Crippen LogP contribution in [0.4, 0.5) is 0 Å². The smallest absolute Gasteiger partial charge is 0.161 e. The SMILES string of the molecule is CCC1Cc2cc(O)c(OC3CC(Cc4ccc[nH]4)C4=CCNC(N)=C4CSSCC(CO)C3O)cc2C2CC(O)C3C(C#CC(CCO)(CCc4ccccc4)CC(NCC(C)O)CCC3O)C=C12. The maximum absolute atomic E-state index is 12.5. The van der Waals surface area contributed by atoms with Gasteiger partial charge in [-0.15, -0.1) is 0 Å². The number of aromatic hydroxyl groups is 1. The van der Waals surface area contributed by atoms with Gasteiger partial charge in [0.2, 0.25) is 0 Å². The van der Waals surface area contributed by atoms with Gasteiger partial charge in [-0.3, -0.25) is 0 Å². The molecule has 13 unspecified atom stereocenters. The van der Waals surface area contributed by atoms with Gasteiger partial charge >= 0.3 is 0 Å². The minimum absolute atomic E-state index is 0.0288. The van der Waals surface area contributed by atoms with E-state index in [-0.39, 0.29) is 48.5 Å². The van der Waals surface area contributed by atoms with E-state index in [0.717, 1.165) is 52.8 Å². The maximum atomic E-state index is 12.5. The van der Waals surface area contributed by atoms with Gasteiger partial charge in [-0.05, 0) is 136 Å². The first kappa shape index (κ1) is 52.4. The standard InChI is InChI=1S/C56H76N4O8S2/c1-3-36-22-38-25-49(65)51(68-52-26-39(23-41-10-7-19-58-41)43-15-20-59-55(57)47(43)33-70-69-32-40(31-62)54(52)67)28-45(38)46-27-50(66)53-37(24-44(36)46)14-17-56(18-21-61,16-13-35-8-5-4-6-9-35)29-42(11-12-48(53)64)60-30-34(2)63/h4-10,15,19,24-25,28,34,36-37,39-40,42,46,48,50,52-54,58-67H,3,11-13,16,18,20-23,26-27,29-33,57H2,1-2H3. The number of aryl methyl sites for hydroxylation is 1. The second kappa shape index (κ2) is 24.2. The lowest BCUT2D eigenvalue weighted by atomic mass is 9.70. The lowest BCUT2D eigenvalue weighted by Gasteiger charge is -2.37. The number of hydrogen-bond acceptors (Lipinski definition) is 13. The first-order valence-corrected chi connectivity index (χ1v) is 28.2. The zero-order valence-corrected chi connectivity index (χ0v) is 42.4. The molecule has 1 aromatic heterocycles. The number of benzene rings is 2. The second-order valence-electron chi connectivity index (χ2n) is 20.7. The van der Waals surface area contributed by atoms with Crippen LogP contribution in [0.1, 0.15) is 93.5 Å². The summed E-state index contributed by atoms with van der Waals surface area (Å²) in [5, 5.41) is 87.3. The van der Waals surface area contributed by atoms with Crippen LogP contribution >= 0.6 is 21.6 Å². The fourth-order valence-corrected chi connectivity index (χ4v) is 14.5. The molecule has 1 saturated heterocycles. The van der Waals surface area contributed by atoms with E-state index in [9.17, 15) is 35.7 Å². The molecule has 3 heterocycles. The van der Waals surface area contributed by atoms with Crippen LogP contribution in [-0.2, 0) is 19.3 Å². The maximum Gasteiger partial charge on any atom is 0.161 e. The molecule has 3 aliphatic carbocycles. The Labute approximate surface area is 422 Å². The Morgan fingerprint density at radius 2 is 1.83 bits per heavy atom. The molecule has 2 aromatic carbocycles. The van der Waals surface area contributed by atoms with E-state index in [4.69, 9.17) is 10.5 Å². The van der Waals surface area contributed by atoms with E-state index >= 15 is 0 Å². The Balaban J connectivity index is 1.17. The summed E-state index contributed by atoms with van der Waals surface area (Å²) in [7, 11) is 3.24. The van der Waals surface area contributed by atoms with Crippen LogP contribution in [0.5, 0.6) is 11.5 Å². The van der Waals surface area contributed by atoms with Gasteiger partial charge in [-0.1, -0.05) is 88.4 Å². The summed E-state index contributed by atoms with van der Waals surface area (Å²) in [4.78, 5) is 3.36. The van der Waals surface area contributed by atoms with Crippen LogP contribution in [0.15, 0.2) is 95.5 Å². The molecule has 8 rings (SSSR count). The third-order valence-electron chi connectivity index (χ3n) is 15.9. The van der Waals surface area contributed by atoms with Crippen molar-refractivity contribution < 1.29 is 40.5 Å². The molecule has 3 aromatic rings. The highest BCUT2D eigenvalue weighted by Crippen LogP contribution is 2.51. The number of allylic oxidation sites excluding steroid dienone is 3. The van der Waals surface area contributed by atoms with E-state index in [1.807, 2.05) is 36.5 Å². The van der Waals surface area contributed by atoms with Crippen LogP contribution in [0.3, 0.4) is 0 Å². The van der Waals surface area contributed by atoms with Crippen molar-refractivity contribution in [2.75, 3.05) is 37.8 Å². The van der Waals surface area contributed by atoms with Gasteiger partial charge in [-0.25, -0.2) is 0 Å². The molecule has 12 N–H and O–H groups in total. The number of aliphatic hydroxyl groups excluding tert-OH is 6. The number of H-pyrrole nitrogens is 1. The average Bonchev–Trinajstić information content (AvgIpc) is 3.81. The average molecular weight is 997 g/mol. The van der Waals surface area contributed by atoms with Crippen molar-refractivity contribution >= 4 is 21.6 Å². The number of hydrogen-bond donors (Lipinski definition) is 11. The number of phenolic OH excluding ortho intramolecular Hbond substituents is 1. The van der Waals surface area contributed by atoms with E-state index < -0.39 is 53.7 Å². The molecular formula is C56H76N4O8S2. The van der Waals surface area contributed by atoms with Crippen molar-refractivity contribution in [3.63, 3.8) is 0 Å². The van der Waals surface area contributed by atoms with Gasteiger partial charge in [0.15, 0.2) is 11.5 Å². The fraction of sp³-hybridized carbons (Fsp3) is 0.571. The summed E-state index contributed by atoms with van der Waals surface area (Å²) < 4.78 is 6.92. The van der Waals surface area contributed by atoms with Crippen LogP contribution in [0.25, 0.3) is 0 Å². The molecule has 5 aliphatic rings. The molecule has 0 bridgehead atoms. The molecule has 0 saturated carbocycles. The van der Waals surface area contributed by atoms with Crippen LogP contribution in [0, 0.1) is 46.8 Å². The van der Waals surface area contributed by atoms with Crippen LogP contribution in [-0.4, -0.2) is 115 Å². The largest absolute Gasteiger partial charge is 0.504 e. The summed E-state index contributed by atoms with van der Waals surface area (Å²) in [5.74, 6) is 7.58. The van der Waals surface area contributed by atoms with Gasteiger partial charge in [0.1, 0.15) is 11.9 Å². The first-order chi connectivity index (χ1) is 33.9. The summed E-state index contributed by atoms with van der Waals surface area (Å²) in [5.41, 5.74) is 13.5. The van der Waals surface area contributed by atoms with Gasteiger partial charge in [0.05, 0.1) is 24.4 Å². The molecule has 14 heteroatoms. The quantitative estimate of drug-likeness (QED) is 0.0490. The number of phenols is 1. The Morgan fingerprint density at radius 3 is 2.57 bits per heavy atom. The van der Waals surface area contributed by atoms with Crippen molar-refractivity contribution in [2.24, 2.45) is 40.7 Å². The number of dihydropyridines is 1. The third kappa shape index (κ3) is 12.5. The van der Waals surface area contributed by atoms with Gasteiger partial charge in [0.25, 0.3) is 0 Å². The lowest BCUT2D eigenvalue weighted by molar-refractivity contribution is -0.0214. The third-order valence-corrected chi connectivity index (χ3v) is 18.3. The first-order valence-electron chi connectivity index (χ1n) is 25.7. The van der Waals surface area contributed by atoms with Crippen LogP contribution < -0.4 is 21.1 Å². The lowest BCUT2D eigenvalue weighted by Crippen LogP contribution is -2.42. The summed E-state index contributed by atoms with van der Waals surface area (Å²) >= 11 is 0. The van der Waals surface area contributed by atoms with E-state index in [2.05, 4.69) is 64.7 Å². The molecule has 0 amide bonds. The molecule has 0 radical (unpaired) electrons.